The average Bonchev–Trinajstić information content (AvgIpc) is 2.85. The molecule has 0 aliphatic heterocycles. The molecule has 1 aliphatic rings. The molecule has 0 radical (unpaired) electrons. The first-order valence-corrected chi connectivity index (χ1v) is 13.3. The van der Waals surface area contributed by atoms with Crippen LogP contribution in [0, 0.1) is 17.6 Å². The smallest absolute Gasteiger partial charge is 0.201 e. The second kappa shape index (κ2) is 13.7. The van der Waals surface area contributed by atoms with Crippen molar-refractivity contribution < 1.29 is 13.5 Å². The van der Waals surface area contributed by atoms with Gasteiger partial charge in [-0.25, -0.2) is 4.39 Å². The molecule has 1 saturated carbocycles. The molecule has 0 N–H and O–H groups in total. The molecule has 3 heteroatoms. The lowest BCUT2D eigenvalue weighted by Crippen LogP contribution is -2.13. The lowest BCUT2D eigenvalue weighted by atomic mass is 9.77. The third-order valence-corrected chi connectivity index (χ3v) is 7.31. The molecule has 182 valence electrons. The molecule has 3 rings (SSSR count). The van der Waals surface area contributed by atoms with Crippen LogP contribution in [0.2, 0.25) is 0 Å². The first-order valence-electron chi connectivity index (χ1n) is 13.3. The number of hydrogen-bond donors (Lipinski definition) is 0. The van der Waals surface area contributed by atoms with Crippen LogP contribution in [0.4, 0.5) is 8.78 Å². The minimum absolute atomic E-state index is 0.0151. The molecule has 0 spiro atoms. The summed E-state index contributed by atoms with van der Waals surface area (Å²) in [6.07, 6.45) is 15.9. The van der Waals surface area contributed by atoms with E-state index in [2.05, 4.69) is 26.0 Å². The summed E-state index contributed by atoms with van der Waals surface area (Å²) in [7, 11) is 0. The fraction of sp³-hybridized carbons (Fsp3) is 0.600. The summed E-state index contributed by atoms with van der Waals surface area (Å²) in [5, 5.41) is 0. The van der Waals surface area contributed by atoms with Gasteiger partial charge in [0.15, 0.2) is 11.6 Å². The predicted molar refractivity (Wildman–Crippen MR) is 135 cm³/mol. The van der Waals surface area contributed by atoms with Crippen LogP contribution in [0.1, 0.15) is 109 Å². The lowest BCUT2D eigenvalue weighted by Gasteiger charge is -2.29. The van der Waals surface area contributed by atoms with Crippen LogP contribution in [-0.2, 0) is 0 Å². The van der Waals surface area contributed by atoms with Crippen molar-refractivity contribution >= 4 is 0 Å². The normalized spacial score (nSPS) is 18.4. The Hall–Kier alpha value is -1.90. The maximum atomic E-state index is 14.8. The molecule has 0 aromatic heterocycles. The highest BCUT2D eigenvalue weighted by atomic mass is 19.2. The molecule has 2 aromatic rings. The van der Waals surface area contributed by atoms with Crippen molar-refractivity contribution in [2.45, 2.75) is 103 Å². The molecule has 0 amide bonds. The van der Waals surface area contributed by atoms with E-state index in [0.29, 0.717) is 23.7 Å². The summed E-state index contributed by atoms with van der Waals surface area (Å²) in [6, 6.07) is 11.3. The lowest BCUT2D eigenvalue weighted by molar-refractivity contribution is 0.285. The highest BCUT2D eigenvalue weighted by Gasteiger charge is 2.22. The van der Waals surface area contributed by atoms with E-state index >= 15 is 0 Å². The third-order valence-electron chi connectivity index (χ3n) is 7.31. The van der Waals surface area contributed by atoms with Crippen LogP contribution < -0.4 is 4.74 Å². The van der Waals surface area contributed by atoms with Gasteiger partial charge in [-0.1, -0.05) is 89.5 Å². The Morgan fingerprint density at radius 3 is 2.09 bits per heavy atom. The second-order valence-corrected chi connectivity index (χ2v) is 9.84. The molecule has 1 aliphatic carbocycles. The molecule has 0 atom stereocenters. The van der Waals surface area contributed by atoms with E-state index < -0.39 is 11.6 Å². The van der Waals surface area contributed by atoms with Gasteiger partial charge in [0.1, 0.15) is 0 Å². The zero-order chi connectivity index (χ0) is 23.5. The molecule has 0 unspecified atom stereocenters. The first kappa shape index (κ1) is 25.7. The van der Waals surface area contributed by atoms with E-state index in [9.17, 15) is 8.78 Å². The molecule has 33 heavy (non-hydrogen) atoms. The van der Waals surface area contributed by atoms with Gasteiger partial charge < -0.3 is 4.74 Å². The predicted octanol–water partition coefficient (Wildman–Crippen LogP) is 9.84. The van der Waals surface area contributed by atoms with Gasteiger partial charge in [-0.3, -0.25) is 0 Å². The Balaban J connectivity index is 1.54. The van der Waals surface area contributed by atoms with Gasteiger partial charge in [0, 0.05) is 5.56 Å². The Bertz CT molecular complexity index is 822. The summed E-state index contributed by atoms with van der Waals surface area (Å²) in [5.74, 6) is -0.204. The standard InChI is InChI=1S/C30H42F2O/c1-3-5-7-8-9-10-22-33-28-21-20-27(29(31)30(28)32)26-18-16-25(17-19-26)24-14-12-23(13-15-24)11-6-4-2/h16-21,23-24H,3-15,22H2,1-2H3. The van der Waals surface area contributed by atoms with E-state index in [4.69, 9.17) is 4.74 Å². The topological polar surface area (TPSA) is 9.23 Å². The number of unbranched alkanes of at least 4 members (excludes halogenated alkanes) is 6. The Kier molecular flexibility index (Phi) is 10.7. The molecule has 0 bridgehead atoms. The summed E-state index contributed by atoms with van der Waals surface area (Å²) in [5.41, 5.74) is 2.34. The molecule has 0 saturated heterocycles. The van der Waals surface area contributed by atoms with Crippen molar-refractivity contribution in [2.24, 2.45) is 5.92 Å². The molecule has 2 aromatic carbocycles. The number of hydrogen-bond acceptors (Lipinski definition) is 1. The maximum Gasteiger partial charge on any atom is 0.201 e. The second-order valence-electron chi connectivity index (χ2n) is 9.84. The minimum Gasteiger partial charge on any atom is -0.490 e. The quantitative estimate of drug-likeness (QED) is 0.272. The van der Waals surface area contributed by atoms with E-state index in [1.807, 2.05) is 12.1 Å². The average molecular weight is 457 g/mol. The van der Waals surface area contributed by atoms with Gasteiger partial charge in [-0.15, -0.1) is 0 Å². The zero-order valence-corrected chi connectivity index (χ0v) is 20.7. The van der Waals surface area contributed by atoms with Gasteiger partial charge in [0.25, 0.3) is 0 Å². The van der Waals surface area contributed by atoms with Crippen molar-refractivity contribution in [3.63, 3.8) is 0 Å². The van der Waals surface area contributed by atoms with Crippen LogP contribution in [0.25, 0.3) is 11.1 Å². The van der Waals surface area contributed by atoms with E-state index in [-0.39, 0.29) is 5.75 Å². The minimum atomic E-state index is -0.882. The van der Waals surface area contributed by atoms with Crippen LogP contribution >= 0.6 is 0 Å². The van der Waals surface area contributed by atoms with Gasteiger partial charge in [-0.2, -0.15) is 4.39 Å². The fourth-order valence-corrected chi connectivity index (χ4v) is 5.14. The monoisotopic (exact) mass is 456 g/mol. The fourth-order valence-electron chi connectivity index (χ4n) is 5.14. The van der Waals surface area contributed by atoms with Crippen LogP contribution in [-0.4, -0.2) is 6.61 Å². The Labute approximate surface area is 199 Å². The number of halogens is 2. The van der Waals surface area contributed by atoms with Crippen molar-refractivity contribution in [3.8, 4) is 16.9 Å². The van der Waals surface area contributed by atoms with Crippen molar-refractivity contribution in [3.05, 3.63) is 53.6 Å². The third kappa shape index (κ3) is 7.55. The van der Waals surface area contributed by atoms with E-state index in [1.54, 1.807) is 12.1 Å². The van der Waals surface area contributed by atoms with Crippen molar-refractivity contribution in [1.82, 2.24) is 0 Å². The summed E-state index contributed by atoms with van der Waals surface area (Å²) in [6.45, 7) is 4.88. The molecule has 1 nitrogen and oxygen atoms in total. The van der Waals surface area contributed by atoms with Crippen LogP contribution in [0.5, 0.6) is 5.75 Å². The first-order chi connectivity index (χ1) is 16.1. The Morgan fingerprint density at radius 2 is 1.39 bits per heavy atom. The van der Waals surface area contributed by atoms with Crippen molar-refractivity contribution in [2.75, 3.05) is 6.61 Å². The number of benzene rings is 2. The SMILES string of the molecule is CCCCCCCCOc1ccc(-c2ccc(C3CCC(CCCC)CC3)cc2)c(F)c1F. The summed E-state index contributed by atoms with van der Waals surface area (Å²) in [4.78, 5) is 0. The van der Waals surface area contributed by atoms with Gasteiger partial charge in [0.05, 0.1) is 6.61 Å². The van der Waals surface area contributed by atoms with Crippen LogP contribution in [0.15, 0.2) is 36.4 Å². The Morgan fingerprint density at radius 1 is 0.727 bits per heavy atom. The largest absolute Gasteiger partial charge is 0.490 e. The maximum absolute atomic E-state index is 14.8. The van der Waals surface area contributed by atoms with E-state index in [1.165, 1.54) is 76.2 Å². The van der Waals surface area contributed by atoms with Gasteiger partial charge in [-0.05, 0) is 67.2 Å². The number of ether oxygens (including phenoxy) is 1. The number of rotatable bonds is 13. The highest BCUT2D eigenvalue weighted by Crippen LogP contribution is 2.38. The summed E-state index contributed by atoms with van der Waals surface area (Å²) >= 11 is 0. The molecular formula is C30H42F2O. The molecule has 1 fully saturated rings. The molecule has 0 heterocycles. The zero-order valence-electron chi connectivity index (χ0n) is 20.7. The summed E-state index contributed by atoms with van der Waals surface area (Å²) < 4.78 is 35.0. The van der Waals surface area contributed by atoms with Crippen molar-refractivity contribution in [1.29, 1.82) is 0 Å². The van der Waals surface area contributed by atoms with Gasteiger partial charge >= 0.3 is 0 Å². The van der Waals surface area contributed by atoms with Gasteiger partial charge in [0.2, 0.25) is 5.82 Å². The molecular weight excluding hydrogens is 414 g/mol. The van der Waals surface area contributed by atoms with E-state index in [0.717, 1.165) is 18.8 Å². The highest BCUT2D eigenvalue weighted by molar-refractivity contribution is 5.65. The van der Waals surface area contributed by atoms with Crippen LogP contribution in [0.3, 0.4) is 0 Å².